The SMILES string of the molecule is Cc1cc(CC(=O)N2CCN(c3cccc(Cl)c3)CC2)c(C)[nH]1. The van der Waals surface area contributed by atoms with E-state index in [1.165, 1.54) is 0 Å². The average Bonchev–Trinajstić information content (AvgIpc) is 2.85. The minimum atomic E-state index is 0.206. The van der Waals surface area contributed by atoms with Gasteiger partial charge in [-0.25, -0.2) is 0 Å². The van der Waals surface area contributed by atoms with Crippen LogP contribution in [0, 0.1) is 13.8 Å². The van der Waals surface area contributed by atoms with Crippen LogP contribution in [0.3, 0.4) is 0 Å². The summed E-state index contributed by atoms with van der Waals surface area (Å²) in [5, 5.41) is 0.749. The number of piperazine rings is 1. The molecule has 0 bridgehead atoms. The van der Waals surface area contributed by atoms with E-state index < -0.39 is 0 Å². The Morgan fingerprint density at radius 3 is 2.52 bits per heavy atom. The van der Waals surface area contributed by atoms with Gasteiger partial charge in [0.2, 0.25) is 5.91 Å². The van der Waals surface area contributed by atoms with Gasteiger partial charge in [-0.3, -0.25) is 4.79 Å². The summed E-state index contributed by atoms with van der Waals surface area (Å²) in [6, 6.07) is 9.95. The molecule has 2 heterocycles. The fourth-order valence-electron chi connectivity index (χ4n) is 3.13. The number of rotatable bonds is 3. The third kappa shape index (κ3) is 3.70. The molecule has 1 amide bonds. The lowest BCUT2D eigenvalue weighted by atomic mass is 10.1. The number of hydrogen-bond acceptors (Lipinski definition) is 2. The first kappa shape index (κ1) is 15.9. The highest BCUT2D eigenvalue weighted by atomic mass is 35.5. The van der Waals surface area contributed by atoms with Gasteiger partial charge >= 0.3 is 0 Å². The van der Waals surface area contributed by atoms with Crippen LogP contribution < -0.4 is 4.90 Å². The van der Waals surface area contributed by atoms with Gasteiger partial charge in [0.1, 0.15) is 0 Å². The molecule has 0 spiro atoms. The number of aromatic nitrogens is 1. The molecule has 0 unspecified atom stereocenters. The fraction of sp³-hybridized carbons (Fsp3) is 0.389. The second-order valence-corrected chi connectivity index (χ2v) is 6.56. The maximum atomic E-state index is 12.5. The van der Waals surface area contributed by atoms with Crippen molar-refractivity contribution in [2.75, 3.05) is 31.1 Å². The van der Waals surface area contributed by atoms with E-state index in [4.69, 9.17) is 11.6 Å². The number of carbonyl (C=O) groups excluding carboxylic acids is 1. The Bertz CT molecular complexity index is 702. The second-order valence-electron chi connectivity index (χ2n) is 6.13. The monoisotopic (exact) mass is 331 g/mol. The third-order valence-corrected chi connectivity index (χ3v) is 4.64. The molecule has 5 heteroatoms. The number of nitrogens with one attached hydrogen (secondary N) is 1. The predicted molar refractivity (Wildman–Crippen MR) is 94.2 cm³/mol. The van der Waals surface area contributed by atoms with Crippen molar-refractivity contribution < 1.29 is 4.79 Å². The molecule has 4 nitrogen and oxygen atoms in total. The molecule has 1 aromatic carbocycles. The average molecular weight is 332 g/mol. The third-order valence-electron chi connectivity index (χ3n) is 4.40. The number of benzene rings is 1. The van der Waals surface area contributed by atoms with Gasteiger partial charge in [-0.1, -0.05) is 17.7 Å². The highest BCUT2D eigenvalue weighted by molar-refractivity contribution is 6.30. The highest BCUT2D eigenvalue weighted by Crippen LogP contribution is 2.21. The van der Waals surface area contributed by atoms with Crippen molar-refractivity contribution in [3.63, 3.8) is 0 Å². The summed E-state index contributed by atoms with van der Waals surface area (Å²) < 4.78 is 0. The smallest absolute Gasteiger partial charge is 0.227 e. The lowest BCUT2D eigenvalue weighted by molar-refractivity contribution is -0.130. The number of hydrogen-bond donors (Lipinski definition) is 1. The van der Waals surface area contributed by atoms with Crippen molar-refractivity contribution in [3.8, 4) is 0 Å². The molecule has 2 aromatic rings. The van der Waals surface area contributed by atoms with Crippen LogP contribution in [-0.4, -0.2) is 42.0 Å². The van der Waals surface area contributed by atoms with Crippen molar-refractivity contribution in [2.45, 2.75) is 20.3 Å². The molecule has 0 saturated carbocycles. The Hall–Kier alpha value is -1.94. The fourth-order valence-corrected chi connectivity index (χ4v) is 3.31. The van der Waals surface area contributed by atoms with Crippen LogP contribution in [0.2, 0.25) is 5.02 Å². The first-order valence-electron chi connectivity index (χ1n) is 7.96. The van der Waals surface area contributed by atoms with Crippen molar-refractivity contribution in [3.05, 3.63) is 52.3 Å². The second kappa shape index (κ2) is 6.67. The summed E-state index contributed by atoms with van der Waals surface area (Å²) in [5.41, 5.74) is 4.43. The molecule has 1 fully saturated rings. The zero-order valence-corrected chi connectivity index (χ0v) is 14.4. The van der Waals surface area contributed by atoms with Crippen molar-refractivity contribution >= 4 is 23.2 Å². The van der Waals surface area contributed by atoms with E-state index in [1.807, 2.05) is 36.9 Å². The number of nitrogens with zero attached hydrogens (tertiary/aromatic N) is 2. The van der Waals surface area contributed by atoms with E-state index in [1.54, 1.807) is 0 Å². The number of carbonyl (C=O) groups is 1. The van der Waals surface area contributed by atoms with Gasteiger partial charge in [0.15, 0.2) is 0 Å². The van der Waals surface area contributed by atoms with Crippen LogP contribution in [0.1, 0.15) is 17.0 Å². The largest absolute Gasteiger partial charge is 0.368 e. The Kier molecular flexibility index (Phi) is 4.62. The molecule has 0 atom stereocenters. The zero-order chi connectivity index (χ0) is 16.4. The van der Waals surface area contributed by atoms with E-state index in [-0.39, 0.29) is 5.91 Å². The van der Waals surface area contributed by atoms with Gasteiger partial charge < -0.3 is 14.8 Å². The van der Waals surface area contributed by atoms with Crippen molar-refractivity contribution in [2.24, 2.45) is 0 Å². The number of halogens is 1. The number of aryl methyl sites for hydroxylation is 2. The number of aromatic amines is 1. The molecule has 1 aliphatic heterocycles. The van der Waals surface area contributed by atoms with Crippen LogP contribution in [0.5, 0.6) is 0 Å². The van der Waals surface area contributed by atoms with Crippen LogP contribution in [-0.2, 0) is 11.2 Å². The lowest BCUT2D eigenvalue weighted by Gasteiger charge is -2.36. The summed E-state index contributed by atoms with van der Waals surface area (Å²) in [7, 11) is 0. The van der Waals surface area contributed by atoms with E-state index >= 15 is 0 Å². The molecule has 0 aliphatic carbocycles. The molecule has 3 rings (SSSR count). The molecule has 23 heavy (non-hydrogen) atoms. The maximum absolute atomic E-state index is 12.5. The summed E-state index contributed by atoms with van der Waals surface area (Å²) in [5.74, 6) is 0.206. The summed E-state index contributed by atoms with van der Waals surface area (Å²) in [4.78, 5) is 20.0. The van der Waals surface area contributed by atoms with Crippen LogP contribution in [0.25, 0.3) is 0 Å². The van der Waals surface area contributed by atoms with Gasteiger partial charge in [0.25, 0.3) is 0 Å². The van der Waals surface area contributed by atoms with Crippen LogP contribution in [0.4, 0.5) is 5.69 Å². The number of amides is 1. The number of H-pyrrole nitrogens is 1. The minimum absolute atomic E-state index is 0.206. The van der Waals surface area contributed by atoms with E-state index in [2.05, 4.69) is 22.0 Å². The van der Waals surface area contributed by atoms with Gasteiger partial charge in [-0.2, -0.15) is 0 Å². The first-order valence-corrected chi connectivity index (χ1v) is 8.34. The Morgan fingerprint density at radius 1 is 1.17 bits per heavy atom. The highest BCUT2D eigenvalue weighted by Gasteiger charge is 2.22. The van der Waals surface area contributed by atoms with Crippen molar-refractivity contribution in [1.82, 2.24) is 9.88 Å². The molecular weight excluding hydrogens is 310 g/mol. The quantitative estimate of drug-likeness (QED) is 0.938. The lowest BCUT2D eigenvalue weighted by Crippen LogP contribution is -2.49. The molecule has 1 saturated heterocycles. The standard InChI is InChI=1S/C18H22ClN3O/c1-13-10-15(14(2)20-13)11-18(23)22-8-6-21(7-9-22)17-5-3-4-16(19)12-17/h3-5,10,12,20H,6-9,11H2,1-2H3. The Balaban J connectivity index is 1.58. The van der Waals surface area contributed by atoms with E-state index in [9.17, 15) is 4.79 Å². The van der Waals surface area contributed by atoms with Gasteiger partial charge in [-0.05, 0) is 43.7 Å². The summed E-state index contributed by atoms with van der Waals surface area (Å²) >= 11 is 6.06. The first-order chi connectivity index (χ1) is 11.0. The molecule has 122 valence electrons. The molecule has 1 aromatic heterocycles. The van der Waals surface area contributed by atoms with Crippen molar-refractivity contribution in [1.29, 1.82) is 0 Å². The topological polar surface area (TPSA) is 39.3 Å². The summed E-state index contributed by atoms with van der Waals surface area (Å²) in [6.07, 6.45) is 0.480. The van der Waals surface area contributed by atoms with Gasteiger partial charge in [0, 0.05) is 48.3 Å². The van der Waals surface area contributed by atoms with Gasteiger partial charge in [-0.15, -0.1) is 0 Å². The molecule has 0 radical (unpaired) electrons. The van der Waals surface area contributed by atoms with Crippen LogP contribution >= 0.6 is 11.6 Å². The van der Waals surface area contributed by atoms with Crippen LogP contribution in [0.15, 0.2) is 30.3 Å². The Morgan fingerprint density at radius 2 is 1.91 bits per heavy atom. The predicted octanol–water partition coefficient (Wildman–Crippen LogP) is 3.18. The normalized spacial score (nSPS) is 15.1. The van der Waals surface area contributed by atoms with E-state index in [0.29, 0.717) is 6.42 Å². The van der Waals surface area contributed by atoms with Gasteiger partial charge in [0.05, 0.1) is 6.42 Å². The minimum Gasteiger partial charge on any atom is -0.368 e. The molecule has 1 aliphatic rings. The summed E-state index contributed by atoms with van der Waals surface area (Å²) in [6.45, 7) is 7.24. The zero-order valence-electron chi connectivity index (χ0n) is 13.6. The molecule has 1 N–H and O–H groups in total. The van der Waals surface area contributed by atoms with E-state index in [0.717, 1.165) is 53.8 Å². The molecular formula is C18H22ClN3O. The number of anilines is 1. The maximum Gasteiger partial charge on any atom is 0.227 e. The Labute approximate surface area is 142 Å².